The van der Waals surface area contributed by atoms with Crippen molar-refractivity contribution in [1.29, 1.82) is 0 Å². The molecule has 17 heavy (non-hydrogen) atoms. The number of thiocarbonyl (C=S) groups is 1. The number of carbonyl (C=O) groups is 1. The fourth-order valence-corrected chi connectivity index (χ4v) is 1.92. The van der Waals surface area contributed by atoms with Crippen molar-refractivity contribution in [2.24, 2.45) is 5.73 Å². The summed E-state index contributed by atoms with van der Waals surface area (Å²) in [6.45, 7) is 2.06. The number of unbranched alkanes of at least 4 members (excludes halogenated alkanes) is 1. The number of hydrogen-bond acceptors (Lipinski definition) is 2. The number of rotatable bonds is 5. The maximum atomic E-state index is 11.6. The molecule has 1 aromatic carbocycles. The molecule has 0 aromatic heterocycles. The van der Waals surface area contributed by atoms with Gasteiger partial charge in [-0.05, 0) is 40.5 Å². The van der Waals surface area contributed by atoms with Crippen LogP contribution in [-0.4, -0.2) is 10.9 Å². The van der Waals surface area contributed by atoms with E-state index in [1.54, 1.807) is 18.2 Å². The van der Waals surface area contributed by atoms with Gasteiger partial charge in [0.25, 0.3) is 0 Å². The van der Waals surface area contributed by atoms with Gasteiger partial charge in [-0.15, -0.1) is 0 Å². The summed E-state index contributed by atoms with van der Waals surface area (Å²) in [6.07, 6.45) is 2.45. The molecule has 1 aromatic rings. The van der Waals surface area contributed by atoms with Gasteiger partial charge in [0.2, 0.25) is 5.91 Å². The van der Waals surface area contributed by atoms with Crippen molar-refractivity contribution in [3.05, 3.63) is 28.2 Å². The van der Waals surface area contributed by atoms with Crippen molar-refractivity contribution in [3.8, 4) is 0 Å². The van der Waals surface area contributed by atoms with Crippen molar-refractivity contribution >= 4 is 44.7 Å². The first-order chi connectivity index (χ1) is 8.04. The Morgan fingerprint density at radius 2 is 2.24 bits per heavy atom. The summed E-state index contributed by atoms with van der Waals surface area (Å²) in [5.74, 6) is 0.0237. The van der Waals surface area contributed by atoms with Crippen molar-refractivity contribution in [2.45, 2.75) is 26.2 Å². The van der Waals surface area contributed by atoms with Crippen LogP contribution in [0.1, 0.15) is 31.7 Å². The number of benzene rings is 1. The maximum Gasteiger partial charge on any atom is 0.224 e. The fraction of sp³-hybridized carbons (Fsp3) is 0.333. The maximum absolute atomic E-state index is 11.6. The van der Waals surface area contributed by atoms with Gasteiger partial charge in [0, 0.05) is 16.5 Å². The molecule has 0 aliphatic heterocycles. The highest BCUT2D eigenvalue weighted by molar-refractivity contribution is 9.10. The Labute approximate surface area is 115 Å². The number of anilines is 1. The first-order valence-electron chi connectivity index (χ1n) is 5.43. The van der Waals surface area contributed by atoms with E-state index in [1.165, 1.54) is 0 Å². The molecule has 1 rings (SSSR count). The van der Waals surface area contributed by atoms with Crippen LogP contribution in [0, 0.1) is 0 Å². The second kappa shape index (κ2) is 6.71. The van der Waals surface area contributed by atoms with E-state index in [2.05, 4.69) is 28.2 Å². The summed E-state index contributed by atoms with van der Waals surface area (Å²) >= 11 is 8.26. The van der Waals surface area contributed by atoms with Crippen molar-refractivity contribution in [2.75, 3.05) is 5.32 Å². The summed E-state index contributed by atoms with van der Waals surface area (Å²) in [5, 5.41) is 2.84. The predicted molar refractivity (Wildman–Crippen MR) is 78.2 cm³/mol. The molecular formula is C12H15BrN2OS. The molecule has 3 nitrogen and oxygen atoms in total. The van der Waals surface area contributed by atoms with Crippen molar-refractivity contribution in [3.63, 3.8) is 0 Å². The van der Waals surface area contributed by atoms with Crippen LogP contribution in [0.2, 0.25) is 0 Å². The first kappa shape index (κ1) is 14.1. The Morgan fingerprint density at radius 3 is 2.76 bits per heavy atom. The average molecular weight is 315 g/mol. The number of nitrogens with one attached hydrogen (secondary N) is 1. The molecule has 0 atom stereocenters. The molecule has 0 unspecified atom stereocenters. The summed E-state index contributed by atoms with van der Waals surface area (Å²) in [7, 11) is 0. The van der Waals surface area contributed by atoms with Gasteiger partial charge < -0.3 is 11.1 Å². The highest BCUT2D eigenvalue weighted by Crippen LogP contribution is 2.24. The van der Waals surface area contributed by atoms with E-state index in [0.29, 0.717) is 11.4 Å². The quantitative estimate of drug-likeness (QED) is 0.820. The van der Waals surface area contributed by atoms with Crippen LogP contribution in [0.15, 0.2) is 22.7 Å². The topological polar surface area (TPSA) is 55.1 Å². The molecular weight excluding hydrogens is 300 g/mol. The SMILES string of the molecule is CCCCC(=O)Nc1ccc(C(N)=S)cc1Br. The third-order valence-corrected chi connectivity index (χ3v) is 3.18. The third kappa shape index (κ3) is 4.44. The highest BCUT2D eigenvalue weighted by atomic mass is 79.9. The summed E-state index contributed by atoms with van der Waals surface area (Å²) in [4.78, 5) is 11.9. The molecule has 0 aliphatic rings. The molecule has 0 aliphatic carbocycles. The van der Waals surface area contributed by atoms with E-state index < -0.39 is 0 Å². The normalized spacial score (nSPS) is 10.0. The molecule has 0 radical (unpaired) electrons. The fourth-order valence-electron chi connectivity index (χ4n) is 1.32. The van der Waals surface area contributed by atoms with E-state index >= 15 is 0 Å². The molecule has 1 amide bonds. The molecule has 0 bridgehead atoms. The minimum absolute atomic E-state index is 0.0237. The minimum Gasteiger partial charge on any atom is -0.389 e. The highest BCUT2D eigenvalue weighted by Gasteiger charge is 2.06. The Kier molecular flexibility index (Phi) is 5.58. The second-order valence-electron chi connectivity index (χ2n) is 3.71. The predicted octanol–water partition coefficient (Wildman–Crippen LogP) is 3.21. The van der Waals surface area contributed by atoms with Crippen LogP contribution in [0.4, 0.5) is 5.69 Å². The Hall–Kier alpha value is -0.940. The van der Waals surface area contributed by atoms with E-state index in [0.717, 1.165) is 28.6 Å². The van der Waals surface area contributed by atoms with E-state index in [4.69, 9.17) is 18.0 Å². The number of nitrogens with two attached hydrogens (primary N) is 1. The number of halogens is 1. The zero-order chi connectivity index (χ0) is 12.8. The lowest BCUT2D eigenvalue weighted by atomic mass is 10.2. The molecule has 5 heteroatoms. The Balaban J connectivity index is 2.72. The van der Waals surface area contributed by atoms with E-state index in [9.17, 15) is 4.79 Å². The summed E-state index contributed by atoms with van der Waals surface area (Å²) in [6, 6.07) is 5.39. The summed E-state index contributed by atoms with van der Waals surface area (Å²) in [5.41, 5.74) is 7.04. The number of amides is 1. The minimum atomic E-state index is 0.0237. The monoisotopic (exact) mass is 314 g/mol. The van der Waals surface area contributed by atoms with Gasteiger partial charge >= 0.3 is 0 Å². The lowest BCUT2D eigenvalue weighted by molar-refractivity contribution is -0.116. The van der Waals surface area contributed by atoms with Crippen LogP contribution in [0.25, 0.3) is 0 Å². The van der Waals surface area contributed by atoms with Crippen LogP contribution in [0.3, 0.4) is 0 Å². The van der Waals surface area contributed by atoms with Crippen molar-refractivity contribution in [1.82, 2.24) is 0 Å². The number of carbonyl (C=O) groups excluding carboxylic acids is 1. The van der Waals surface area contributed by atoms with Crippen LogP contribution >= 0.6 is 28.1 Å². The van der Waals surface area contributed by atoms with E-state index in [1.807, 2.05) is 0 Å². The number of hydrogen-bond donors (Lipinski definition) is 2. The van der Waals surface area contributed by atoms with Gasteiger partial charge in [-0.3, -0.25) is 4.79 Å². The van der Waals surface area contributed by atoms with Gasteiger partial charge in [0.1, 0.15) is 4.99 Å². The van der Waals surface area contributed by atoms with Crippen LogP contribution in [0.5, 0.6) is 0 Å². The standard InChI is InChI=1S/C12H15BrN2OS/c1-2-3-4-11(16)15-10-6-5-8(12(14)17)7-9(10)13/h5-7H,2-4H2,1H3,(H2,14,17)(H,15,16). The Morgan fingerprint density at radius 1 is 1.53 bits per heavy atom. The molecule has 0 fully saturated rings. The van der Waals surface area contributed by atoms with Gasteiger partial charge in [-0.25, -0.2) is 0 Å². The Bertz CT molecular complexity index is 435. The summed E-state index contributed by atoms with van der Waals surface area (Å²) < 4.78 is 0.785. The smallest absolute Gasteiger partial charge is 0.224 e. The zero-order valence-electron chi connectivity index (χ0n) is 9.63. The zero-order valence-corrected chi connectivity index (χ0v) is 12.0. The lowest BCUT2D eigenvalue weighted by Crippen LogP contribution is -2.13. The second-order valence-corrected chi connectivity index (χ2v) is 5.00. The third-order valence-electron chi connectivity index (χ3n) is 2.29. The molecule has 3 N–H and O–H groups in total. The first-order valence-corrected chi connectivity index (χ1v) is 6.64. The molecule has 92 valence electrons. The van der Waals surface area contributed by atoms with Gasteiger partial charge in [0.15, 0.2) is 0 Å². The molecule has 0 spiro atoms. The molecule has 0 heterocycles. The van der Waals surface area contributed by atoms with Crippen LogP contribution < -0.4 is 11.1 Å². The molecule has 0 saturated carbocycles. The van der Waals surface area contributed by atoms with E-state index in [-0.39, 0.29) is 5.91 Å². The average Bonchev–Trinajstić information content (AvgIpc) is 2.28. The van der Waals surface area contributed by atoms with Crippen LogP contribution in [-0.2, 0) is 4.79 Å². The lowest BCUT2D eigenvalue weighted by Gasteiger charge is -2.08. The van der Waals surface area contributed by atoms with Gasteiger partial charge in [-0.2, -0.15) is 0 Å². The van der Waals surface area contributed by atoms with Crippen molar-refractivity contribution < 1.29 is 4.79 Å². The van der Waals surface area contributed by atoms with Gasteiger partial charge in [-0.1, -0.05) is 25.6 Å². The largest absolute Gasteiger partial charge is 0.389 e. The molecule has 0 saturated heterocycles. The van der Waals surface area contributed by atoms with Gasteiger partial charge in [0.05, 0.1) is 5.69 Å².